The number of hydrogen-bond acceptors (Lipinski definition) is 1. The maximum atomic E-state index is 9.04. The van der Waals surface area contributed by atoms with E-state index in [1.54, 1.807) is 0 Å². The first-order valence-corrected chi connectivity index (χ1v) is 9.74. The Morgan fingerprint density at radius 2 is 1.06 bits per heavy atom. The number of rotatable bonds is 6. The van der Waals surface area contributed by atoms with E-state index in [0.29, 0.717) is 22.6 Å². The quantitative estimate of drug-likeness (QED) is 0.608. The molecule has 0 saturated carbocycles. The van der Waals surface area contributed by atoms with E-state index in [1.807, 2.05) is 0 Å². The molecule has 17 heavy (non-hydrogen) atoms. The molecule has 0 aliphatic heterocycles. The molecule has 2 heteroatoms. The van der Waals surface area contributed by atoms with Gasteiger partial charge in [0.2, 0.25) is 0 Å². The Morgan fingerprint density at radius 1 is 0.765 bits per heavy atom. The van der Waals surface area contributed by atoms with Gasteiger partial charge in [-0.25, -0.2) is 0 Å². The van der Waals surface area contributed by atoms with Crippen molar-refractivity contribution >= 4 is 6.60 Å². The Labute approximate surface area is 109 Å². The van der Waals surface area contributed by atoms with Gasteiger partial charge in [-0.3, -0.25) is 0 Å². The molecule has 0 rings (SSSR count). The third-order valence-electron chi connectivity index (χ3n) is 5.78. The third kappa shape index (κ3) is 2.15. The van der Waals surface area contributed by atoms with Crippen LogP contribution >= 0.6 is 6.60 Å². The van der Waals surface area contributed by atoms with Crippen LogP contribution in [0.3, 0.4) is 0 Å². The molecule has 0 aromatic carbocycles. The third-order valence-corrected chi connectivity index (χ3v) is 17.1. The molecular weight excluding hydrogens is 225 g/mol. The van der Waals surface area contributed by atoms with Crippen LogP contribution in [-0.4, -0.2) is 28.8 Å². The van der Waals surface area contributed by atoms with Crippen molar-refractivity contribution in [1.29, 1.82) is 5.26 Å². The van der Waals surface area contributed by atoms with E-state index in [0.717, 1.165) is 12.6 Å². The average molecular weight is 257 g/mol. The van der Waals surface area contributed by atoms with Crippen LogP contribution in [0.2, 0.25) is 0 Å². The fraction of sp³-hybridized carbons (Fsp3) is 0.933. The first kappa shape index (κ1) is 16.9. The second-order valence-electron chi connectivity index (χ2n) is 6.63. The van der Waals surface area contributed by atoms with E-state index in [1.165, 1.54) is 0 Å². The first-order chi connectivity index (χ1) is 7.67. The van der Waals surface area contributed by atoms with Gasteiger partial charge in [-0.15, -0.1) is 0 Å². The van der Waals surface area contributed by atoms with Crippen molar-refractivity contribution in [3.63, 3.8) is 0 Å². The summed E-state index contributed by atoms with van der Waals surface area (Å²) in [6, 6.07) is 2.40. The van der Waals surface area contributed by atoms with Crippen LogP contribution in [0, 0.1) is 11.3 Å². The summed E-state index contributed by atoms with van der Waals surface area (Å²) in [5.74, 6) is 0. The van der Waals surface area contributed by atoms with Crippen molar-refractivity contribution in [1.82, 2.24) is 0 Å². The summed E-state index contributed by atoms with van der Waals surface area (Å²) in [6.07, 6.45) is 1.87. The Bertz CT molecular complexity index is 240. The summed E-state index contributed by atoms with van der Waals surface area (Å²) in [7, 11) is 0. The van der Waals surface area contributed by atoms with Gasteiger partial charge in [-0.05, 0) is 0 Å². The van der Waals surface area contributed by atoms with Gasteiger partial charge in [0.25, 0.3) is 0 Å². The summed E-state index contributed by atoms with van der Waals surface area (Å²) in [6.45, 7) is 17.3. The zero-order chi connectivity index (χ0) is 13.9. The van der Waals surface area contributed by atoms with Gasteiger partial charge in [-0.1, -0.05) is 0 Å². The predicted molar refractivity (Wildman–Crippen MR) is 82.6 cm³/mol. The number of nitriles is 1. The molecular formula is C15H32NP. The fourth-order valence-corrected chi connectivity index (χ4v) is 14.8. The second-order valence-corrected chi connectivity index (χ2v) is 14.5. The van der Waals surface area contributed by atoms with E-state index in [4.69, 9.17) is 5.26 Å². The monoisotopic (exact) mass is 257 g/mol. The molecule has 0 aromatic heterocycles. The Hall–Kier alpha value is -0.0800. The topological polar surface area (TPSA) is 23.8 Å². The molecule has 0 saturated heterocycles. The number of nitrogens with zero attached hydrogens (tertiary/aromatic N) is 1. The second kappa shape index (κ2) is 5.71. The first-order valence-electron chi connectivity index (χ1n) is 7.04. The Kier molecular flexibility index (Phi) is 5.68. The van der Waals surface area contributed by atoms with E-state index >= 15 is 0 Å². The van der Waals surface area contributed by atoms with Crippen molar-refractivity contribution < 1.29 is 0 Å². The summed E-state index contributed by atoms with van der Waals surface area (Å²) in [4.78, 5) is 0. The van der Waals surface area contributed by atoms with Gasteiger partial charge in [0, 0.05) is 0 Å². The van der Waals surface area contributed by atoms with Gasteiger partial charge >= 0.3 is 109 Å². The van der Waals surface area contributed by atoms with E-state index in [-0.39, 0.29) is 0 Å². The molecule has 0 aliphatic carbocycles. The molecule has 0 amide bonds. The zero-order valence-electron chi connectivity index (χ0n) is 13.1. The summed E-state index contributed by atoms with van der Waals surface area (Å²) >= 11 is 0. The molecule has 0 spiro atoms. The molecule has 0 N–H and O–H groups in total. The molecule has 0 aliphatic rings. The average Bonchev–Trinajstić information content (AvgIpc) is 2.17. The van der Waals surface area contributed by atoms with Crippen molar-refractivity contribution in [3.05, 3.63) is 0 Å². The van der Waals surface area contributed by atoms with Crippen LogP contribution in [0.1, 0.15) is 61.8 Å². The normalized spacial score (nSPS) is 15.4. The minimum atomic E-state index is -1.89. The Morgan fingerprint density at radius 3 is 1.24 bits per heavy atom. The van der Waals surface area contributed by atoms with Crippen LogP contribution in [0.5, 0.6) is 0 Å². The van der Waals surface area contributed by atoms with E-state index in [9.17, 15) is 0 Å². The van der Waals surface area contributed by atoms with Crippen molar-refractivity contribution in [2.45, 2.75) is 84.4 Å². The number of hydrogen-bond donors (Lipinski definition) is 0. The summed E-state index contributed by atoms with van der Waals surface area (Å²) < 4.78 is 0. The van der Waals surface area contributed by atoms with Crippen LogP contribution in [-0.2, 0) is 0 Å². The van der Waals surface area contributed by atoms with Gasteiger partial charge in [0.05, 0.1) is 0 Å². The SMILES string of the molecule is CC(C)P(CCC#N)(C(C)C)(C(C)C)C(C)C. The standard InChI is InChI=1S/C15H32NP/c1-12(2)17(13(3)4,14(5)6,15(7)8)11-9-10-16/h12-15H,9,11H2,1-8H3. The molecule has 0 radical (unpaired) electrons. The molecule has 0 unspecified atom stereocenters. The molecule has 1 nitrogen and oxygen atoms in total. The van der Waals surface area contributed by atoms with Gasteiger partial charge < -0.3 is 0 Å². The Balaban J connectivity index is 5.95. The minimum absolute atomic E-state index is 0.717. The molecule has 0 bridgehead atoms. The van der Waals surface area contributed by atoms with E-state index < -0.39 is 6.60 Å². The molecule has 102 valence electrons. The summed E-state index contributed by atoms with van der Waals surface area (Å²) in [5.41, 5.74) is 2.87. The van der Waals surface area contributed by atoms with Crippen molar-refractivity contribution in [2.24, 2.45) is 0 Å². The van der Waals surface area contributed by atoms with Crippen LogP contribution < -0.4 is 0 Å². The van der Waals surface area contributed by atoms with Crippen LogP contribution in [0.4, 0.5) is 0 Å². The fourth-order valence-electron chi connectivity index (χ4n) is 4.92. The van der Waals surface area contributed by atoms with Crippen LogP contribution in [0.25, 0.3) is 0 Å². The van der Waals surface area contributed by atoms with Crippen molar-refractivity contribution in [3.8, 4) is 6.07 Å². The zero-order valence-corrected chi connectivity index (χ0v) is 14.0. The van der Waals surface area contributed by atoms with Gasteiger partial charge in [0.15, 0.2) is 0 Å². The maximum absolute atomic E-state index is 9.04. The van der Waals surface area contributed by atoms with Crippen LogP contribution in [0.15, 0.2) is 0 Å². The molecule has 0 atom stereocenters. The molecule has 0 heterocycles. The predicted octanol–water partition coefficient (Wildman–Crippen LogP) is 5.09. The molecule has 0 fully saturated rings. The van der Waals surface area contributed by atoms with E-state index in [2.05, 4.69) is 61.5 Å². The van der Waals surface area contributed by atoms with Crippen molar-refractivity contribution in [2.75, 3.05) is 6.16 Å². The van der Waals surface area contributed by atoms with Gasteiger partial charge in [0.1, 0.15) is 0 Å². The van der Waals surface area contributed by atoms with Gasteiger partial charge in [-0.2, -0.15) is 0 Å². The molecule has 0 aromatic rings. The summed E-state index contributed by atoms with van der Waals surface area (Å²) in [5, 5.41) is 9.04.